The Morgan fingerprint density at radius 3 is 2.31 bits per heavy atom. The molecule has 1 unspecified atom stereocenters. The van der Waals surface area contributed by atoms with Crippen molar-refractivity contribution in [2.75, 3.05) is 13.2 Å². The number of carbonyl (C=O) groups is 1. The molecular formula is C23H28O6. The molecule has 0 aromatic heterocycles. The molecule has 0 amide bonds. The molecule has 0 saturated heterocycles. The summed E-state index contributed by atoms with van der Waals surface area (Å²) in [6, 6.07) is 8.00. The number of aromatic hydroxyl groups is 2. The van der Waals surface area contributed by atoms with E-state index in [4.69, 9.17) is 14.2 Å². The first-order valence-corrected chi connectivity index (χ1v) is 9.90. The molecule has 0 fully saturated rings. The molecule has 29 heavy (non-hydrogen) atoms. The van der Waals surface area contributed by atoms with Crippen molar-refractivity contribution in [1.29, 1.82) is 0 Å². The molecule has 1 heterocycles. The summed E-state index contributed by atoms with van der Waals surface area (Å²) in [5.74, 6) is 1.49. The summed E-state index contributed by atoms with van der Waals surface area (Å²) in [5.41, 5.74) is 0.870. The molecule has 0 spiro atoms. The summed E-state index contributed by atoms with van der Waals surface area (Å²) >= 11 is 0. The van der Waals surface area contributed by atoms with Gasteiger partial charge in [-0.25, -0.2) is 0 Å². The first-order chi connectivity index (χ1) is 13.7. The number of hydrogen-bond donors (Lipinski definition) is 2. The maximum Gasteiger partial charge on any atom is 0.174 e. The Bertz CT molecular complexity index is 887. The van der Waals surface area contributed by atoms with Gasteiger partial charge in [0.25, 0.3) is 0 Å². The Labute approximate surface area is 171 Å². The molecule has 6 nitrogen and oxygen atoms in total. The Morgan fingerprint density at radius 1 is 1.00 bits per heavy atom. The average molecular weight is 400 g/mol. The van der Waals surface area contributed by atoms with Crippen molar-refractivity contribution in [3.8, 4) is 28.7 Å². The van der Waals surface area contributed by atoms with Gasteiger partial charge >= 0.3 is 0 Å². The Hall–Kier alpha value is -2.89. The molecule has 6 heteroatoms. The van der Waals surface area contributed by atoms with Crippen molar-refractivity contribution < 1.29 is 29.2 Å². The summed E-state index contributed by atoms with van der Waals surface area (Å²) in [6.45, 7) is 9.40. The van der Waals surface area contributed by atoms with Gasteiger partial charge in [-0.1, -0.05) is 33.8 Å². The fourth-order valence-electron chi connectivity index (χ4n) is 3.08. The van der Waals surface area contributed by atoms with E-state index in [9.17, 15) is 15.0 Å². The third-order valence-corrected chi connectivity index (χ3v) is 4.47. The minimum atomic E-state index is -0.545. The zero-order valence-corrected chi connectivity index (χ0v) is 17.3. The highest BCUT2D eigenvalue weighted by molar-refractivity contribution is 6.02. The highest BCUT2D eigenvalue weighted by atomic mass is 16.5. The molecule has 1 aliphatic rings. The Kier molecular flexibility index (Phi) is 6.20. The molecular weight excluding hydrogens is 372 g/mol. The molecule has 2 aromatic carbocycles. The number of phenolic OH excluding ortho intramolecular Hbond substituents is 2. The highest BCUT2D eigenvalue weighted by Crippen LogP contribution is 2.43. The highest BCUT2D eigenvalue weighted by Gasteiger charge is 2.31. The van der Waals surface area contributed by atoms with Gasteiger partial charge in [0.15, 0.2) is 17.3 Å². The van der Waals surface area contributed by atoms with E-state index in [2.05, 4.69) is 27.7 Å². The van der Waals surface area contributed by atoms with Gasteiger partial charge in [-0.15, -0.1) is 0 Å². The minimum absolute atomic E-state index is 0.0845. The lowest BCUT2D eigenvalue weighted by Gasteiger charge is -2.27. The second-order valence-corrected chi connectivity index (χ2v) is 8.19. The van der Waals surface area contributed by atoms with Gasteiger partial charge in [-0.3, -0.25) is 4.79 Å². The van der Waals surface area contributed by atoms with Crippen LogP contribution < -0.4 is 14.2 Å². The average Bonchev–Trinajstić information content (AvgIpc) is 2.63. The molecule has 156 valence electrons. The van der Waals surface area contributed by atoms with Crippen LogP contribution >= 0.6 is 0 Å². The lowest BCUT2D eigenvalue weighted by Crippen LogP contribution is -2.20. The normalized spacial score (nSPS) is 15.9. The zero-order valence-electron chi connectivity index (χ0n) is 17.3. The summed E-state index contributed by atoms with van der Waals surface area (Å²) < 4.78 is 17.8. The van der Waals surface area contributed by atoms with E-state index in [1.165, 1.54) is 6.07 Å². The quantitative estimate of drug-likeness (QED) is 0.689. The van der Waals surface area contributed by atoms with Crippen LogP contribution in [0.1, 0.15) is 56.1 Å². The van der Waals surface area contributed by atoms with Crippen LogP contribution in [0.3, 0.4) is 0 Å². The van der Waals surface area contributed by atoms with Crippen LogP contribution in [0.5, 0.6) is 28.7 Å². The number of benzene rings is 2. The lowest BCUT2D eigenvalue weighted by atomic mass is 9.95. The van der Waals surface area contributed by atoms with E-state index in [1.54, 1.807) is 0 Å². The van der Waals surface area contributed by atoms with Crippen molar-refractivity contribution in [3.63, 3.8) is 0 Å². The van der Waals surface area contributed by atoms with Crippen LogP contribution in [-0.4, -0.2) is 29.2 Å². The number of carbonyl (C=O) groups excluding carboxylic acids is 1. The van der Waals surface area contributed by atoms with Gasteiger partial charge < -0.3 is 24.4 Å². The minimum Gasteiger partial charge on any atom is -0.508 e. The summed E-state index contributed by atoms with van der Waals surface area (Å²) in [5, 5.41) is 19.7. The number of ketones is 1. The molecule has 1 atom stereocenters. The third-order valence-electron chi connectivity index (χ3n) is 4.47. The van der Waals surface area contributed by atoms with Crippen LogP contribution in [0.4, 0.5) is 0 Å². The maximum atomic E-state index is 12.6. The topological polar surface area (TPSA) is 85.2 Å². The summed E-state index contributed by atoms with van der Waals surface area (Å²) in [4.78, 5) is 12.6. The first kappa shape index (κ1) is 20.8. The Balaban J connectivity index is 1.89. The van der Waals surface area contributed by atoms with E-state index in [0.29, 0.717) is 36.5 Å². The van der Waals surface area contributed by atoms with Crippen molar-refractivity contribution in [2.24, 2.45) is 11.8 Å². The number of fused-ring (bicyclic) bond motifs is 1. The van der Waals surface area contributed by atoms with E-state index in [0.717, 1.165) is 11.6 Å². The van der Waals surface area contributed by atoms with Gasteiger partial charge in [-0.05, 0) is 29.5 Å². The van der Waals surface area contributed by atoms with Crippen molar-refractivity contribution in [2.45, 2.75) is 40.2 Å². The van der Waals surface area contributed by atoms with Gasteiger partial charge in [0.1, 0.15) is 28.9 Å². The molecule has 1 aliphatic heterocycles. The molecule has 3 rings (SSSR count). The van der Waals surface area contributed by atoms with Crippen LogP contribution in [0, 0.1) is 11.8 Å². The van der Waals surface area contributed by atoms with Gasteiger partial charge in [0.2, 0.25) is 0 Å². The van der Waals surface area contributed by atoms with Crippen LogP contribution in [0.25, 0.3) is 0 Å². The van der Waals surface area contributed by atoms with Crippen LogP contribution in [0.15, 0.2) is 30.3 Å². The second kappa shape index (κ2) is 8.64. The number of hydrogen-bond acceptors (Lipinski definition) is 6. The van der Waals surface area contributed by atoms with Gasteiger partial charge in [-0.2, -0.15) is 0 Å². The molecule has 2 aromatic rings. The summed E-state index contributed by atoms with van der Waals surface area (Å²) in [6.07, 6.45) is -0.460. The molecule has 0 saturated carbocycles. The SMILES string of the molecule is CC(C)COc1ccc(C2CC(=O)c3c(O)cc(O)cc3O2)cc1OCC(C)C. The predicted octanol–water partition coefficient (Wildman–Crippen LogP) is 4.87. The first-order valence-electron chi connectivity index (χ1n) is 9.90. The fraction of sp³-hybridized carbons (Fsp3) is 0.435. The summed E-state index contributed by atoms with van der Waals surface area (Å²) in [7, 11) is 0. The van der Waals surface area contributed by atoms with Crippen molar-refractivity contribution in [3.05, 3.63) is 41.5 Å². The zero-order chi connectivity index (χ0) is 21.1. The van der Waals surface area contributed by atoms with E-state index in [-0.39, 0.29) is 35.0 Å². The molecule has 2 N–H and O–H groups in total. The van der Waals surface area contributed by atoms with Gasteiger partial charge in [0, 0.05) is 12.1 Å². The standard InChI is InChI=1S/C23H28O6/c1-13(2)11-27-19-6-5-15(7-21(19)28-12-14(3)4)20-10-18(26)23-17(25)8-16(24)9-22(23)29-20/h5-9,13-14,20,24-25H,10-12H2,1-4H3. The smallest absolute Gasteiger partial charge is 0.174 e. The van der Waals surface area contributed by atoms with Crippen LogP contribution in [0.2, 0.25) is 0 Å². The third kappa shape index (κ3) is 4.94. The number of rotatable bonds is 7. The lowest BCUT2D eigenvalue weighted by molar-refractivity contribution is 0.0844. The number of phenols is 2. The van der Waals surface area contributed by atoms with Gasteiger partial charge in [0.05, 0.1) is 19.6 Å². The maximum absolute atomic E-state index is 12.6. The van der Waals surface area contributed by atoms with Crippen molar-refractivity contribution in [1.82, 2.24) is 0 Å². The fourth-order valence-corrected chi connectivity index (χ4v) is 3.08. The molecule has 0 bridgehead atoms. The number of Topliss-reactive ketones (excluding diaryl/α,β-unsaturated/α-hetero) is 1. The molecule has 0 radical (unpaired) electrons. The van der Waals surface area contributed by atoms with E-state index >= 15 is 0 Å². The molecule has 0 aliphatic carbocycles. The van der Waals surface area contributed by atoms with Crippen molar-refractivity contribution >= 4 is 5.78 Å². The predicted molar refractivity (Wildman–Crippen MR) is 109 cm³/mol. The number of ether oxygens (including phenoxy) is 3. The second-order valence-electron chi connectivity index (χ2n) is 8.19. The Morgan fingerprint density at radius 2 is 1.66 bits per heavy atom. The monoisotopic (exact) mass is 400 g/mol. The van der Waals surface area contributed by atoms with E-state index < -0.39 is 6.10 Å². The van der Waals surface area contributed by atoms with E-state index in [1.807, 2.05) is 18.2 Å². The largest absolute Gasteiger partial charge is 0.508 e. The van der Waals surface area contributed by atoms with Crippen LogP contribution in [-0.2, 0) is 0 Å².